The highest BCUT2D eigenvalue weighted by atomic mass is 16.5. The van der Waals surface area contributed by atoms with Crippen LogP contribution >= 0.6 is 0 Å². The van der Waals surface area contributed by atoms with Gasteiger partial charge in [0, 0.05) is 6.54 Å². The molecule has 0 aliphatic carbocycles. The maximum absolute atomic E-state index is 10.8. The van der Waals surface area contributed by atoms with Gasteiger partial charge >= 0.3 is 5.97 Å². The van der Waals surface area contributed by atoms with E-state index in [0.29, 0.717) is 12.3 Å². The molecule has 0 atom stereocenters. The van der Waals surface area contributed by atoms with Crippen LogP contribution in [-0.4, -0.2) is 28.0 Å². The molecule has 1 aromatic rings. The molecule has 0 spiro atoms. The SMILES string of the molecule is CCCn1ncc(OC)c1C(=O)O. The summed E-state index contributed by atoms with van der Waals surface area (Å²) in [6.07, 6.45) is 2.25. The topological polar surface area (TPSA) is 64.4 Å². The zero-order chi connectivity index (χ0) is 9.84. The van der Waals surface area contributed by atoms with E-state index >= 15 is 0 Å². The zero-order valence-corrected chi connectivity index (χ0v) is 7.65. The minimum atomic E-state index is -1.01. The maximum atomic E-state index is 10.8. The molecule has 0 amide bonds. The van der Waals surface area contributed by atoms with Gasteiger partial charge in [-0.3, -0.25) is 4.68 Å². The number of aromatic carboxylic acids is 1. The molecular formula is C8H12N2O3. The summed E-state index contributed by atoms with van der Waals surface area (Å²) in [5, 5.41) is 12.8. The second kappa shape index (κ2) is 3.93. The van der Waals surface area contributed by atoms with Gasteiger partial charge in [-0.1, -0.05) is 6.92 Å². The van der Waals surface area contributed by atoms with Gasteiger partial charge in [-0.2, -0.15) is 5.10 Å². The summed E-state index contributed by atoms with van der Waals surface area (Å²) in [7, 11) is 1.43. The smallest absolute Gasteiger partial charge is 0.358 e. The maximum Gasteiger partial charge on any atom is 0.358 e. The molecule has 0 aromatic carbocycles. The molecule has 5 nitrogen and oxygen atoms in total. The van der Waals surface area contributed by atoms with Crippen LogP contribution in [0.2, 0.25) is 0 Å². The second-order valence-corrected chi connectivity index (χ2v) is 2.59. The quantitative estimate of drug-likeness (QED) is 0.758. The van der Waals surface area contributed by atoms with Crippen molar-refractivity contribution in [1.82, 2.24) is 9.78 Å². The summed E-state index contributed by atoms with van der Waals surface area (Å²) in [6, 6.07) is 0. The van der Waals surface area contributed by atoms with Gasteiger partial charge in [0.25, 0.3) is 0 Å². The van der Waals surface area contributed by atoms with Crippen LogP contribution in [0.15, 0.2) is 6.20 Å². The monoisotopic (exact) mass is 184 g/mol. The molecule has 0 aliphatic heterocycles. The average Bonchev–Trinajstić information content (AvgIpc) is 2.48. The molecule has 5 heteroatoms. The average molecular weight is 184 g/mol. The summed E-state index contributed by atoms with van der Waals surface area (Å²) < 4.78 is 6.30. The van der Waals surface area contributed by atoms with Crippen LogP contribution < -0.4 is 4.74 Å². The Morgan fingerprint density at radius 2 is 2.46 bits per heavy atom. The first-order chi connectivity index (χ1) is 6.20. The fourth-order valence-corrected chi connectivity index (χ4v) is 1.11. The Morgan fingerprint density at radius 3 is 2.92 bits per heavy atom. The van der Waals surface area contributed by atoms with Crippen molar-refractivity contribution in [2.45, 2.75) is 19.9 Å². The molecule has 0 fully saturated rings. The molecule has 0 saturated carbocycles. The van der Waals surface area contributed by atoms with E-state index in [1.165, 1.54) is 18.0 Å². The fraction of sp³-hybridized carbons (Fsp3) is 0.500. The van der Waals surface area contributed by atoms with Crippen molar-refractivity contribution in [3.8, 4) is 5.75 Å². The molecule has 72 valence electrons. The van der Waals surface area contributed by atoms with Crippen LogP contribution in [0.5, 0.6) is 5.75 Å². The number of aromatic nitrogens is 2. The first-order valence-electron chi connectivity index (χ1n) is 4.03. The number of carboxylic acids is 1. The van der Waals surface area contributed by atoms with E-state index in [9.17, 15) is 4.79 Å². The number of carbonyl (C=O) groups is 1. The van der Waals surface area contributed by atoms with Gasteiger partial charge in [-0.25, -0.2) is 4.79 Å². The lowest BCUT2D eigenvalue weighted by molar-refractivity contribution is 0.0679. The Balaban J connectivity index is 3.06. The molecule has 0 aliphatic rings. The molecular weight excluding hydrogens is 172 g/mol. The van der Waals surface area contributed by atoms with Gasteiger partial charge in [0.2, 0.25) is 0 Å². The van der Waals surface area contributed by atoms with Crippen LogP contribution in [0.25, 0.3) is 0 Å². The van der Waals surface area contributed by atoms with Crippen molar-refractivity contribution in [2.75, 3.05) is 7.11 Å². The standard InChI is InChI=1S/C8H12N2O3/c1-3-4-10-7(8(11)12)6(13-2)5-9-10/h5H,3-4H2,1-2H3,(H,11,12). The number of ether oxygens (including phenoxy) is 1. The first kappa shape index (κ1) is 9.57. The first-order valence-corrected chi connectivity index (χ1v) is 4.03. The Hall–Kier alpha value is -1.52. The highest BCUT2D eigenvalue weighted by molar-refractivity contribution is 5.88. The van der Waals surface area contributed by atoms with Crippen LogP contribution in [0.4, 0.5) is 0 Å². The summed E-state index contributed by atoms with van der Waals surface area (Å²) in [4.78, 5) is 10.8. The summed E-state index contributed by atoms with van der Waals surface area (Å²) in [5.74, 6) is -0.705. The minimum absolute atomic E-state index is 0.115. The number of hydrogen-bond acceptors (Lipinski definition) is 3. The van der Waals surface area contributed by atoms with Crippen LogP contribution in [0.1, 0.15) is 23.8 Å². The van der Waals surface area contributed by atoms with Crippen LogP contribution in [-0.2, 0) is 6.54 Å². The predicted octanol–water partition coefficient (Wildman–Crippen LogP) is 1.000. The normalized spacial score (nSPS) is 10.0. The van der Waals surface area contributed by atoms with E-state index in [0.717, 1.165) is 6.42 Å². The van der Waals surface area contributed by atoms with E-state index < -0.39 is 5.97 Å². The van der Waals surface area contributed by atoms with E-state index in [4.69, 9.17) is 9.84 Å². The molecule has 0 bridgehead atoms. The van der Waals surface area contributed by atoms with Gasteiger partial charge in [0.15, 0.2) is 11.4 Å². The summed E-state index contributed by atoms with van der Waals surface area (Å²) >= 11 is 0. The van der Waals surface area contributed by atoms with E-state index in [1.54, 1.807) is 0 Å². The van der Waals surface area contributed by atoms with Crippen molar-refractivity contribution >= 4 is 5.97 Å². The lowest BCUT2D eigenvalue weighted by Gasteiger charge is -2.02. The Kier molecular flexibility index (Phi) is 2.89. The van der Waals surface area contributed by atoms with Gasteiger partial charge in [0.05, 0.1) is 13.3 Å². The molecule has 1 rings (SSSR count). The van der Waals surface area contributed by atoms with Gasteiger partial charge in [0.1, 0.15) is 0 Å². The molecule has 0 radical (unpaired) electrons. The molecule has 13 heavy (non-hydrogen) atoms. The highest BCUT2D eigenvalue weighted by Gasteiger charge is 2.17. The number of aryl methyl sites for hydroxylation is 1. The van der Waals surface area contributed by atoms with Crippen LogP contribution in [0.3, 0.4) is 0 Å². The van der Waals surface area contributed by atoms with E-state index in [2.05, 4.69) is 5.10 Å². The van der Waals surface area contributed by atoms with Crippen molar-refractivity contribution < 1.29 is 14.6 Å². The van der Waals surface area contributed by atoms with E-state index in [-0.39, 0.29) is 5.69 Å². The van der Waals surface area contributed by atoms with Crippen molar-refractivity contribution in [1.29, 1.82) is 0 Å². The lowest BCUT2D eigenvalue weighted by atomic mass is 10.4. The Bertz CT molecular complexity index is 306. The van der Waals surface area contributed by atoms with E-state index in [1.807, 2.05) is 6.92 Å². The third-order valence-electron chi connectivity index (χ3n) is 1.66. The number of nitrogens with zero attached hydrogens (tertiary/aromatic N) is 2. The van der Waals surface area contributed by atoms with Crippen molar-refractivity contribution in [3.63, 3.8) is 0 Å². The van der Waals surface area contributed by atoms with Gasteiger partial charge in [-0.15, -0.1) is 0 Å². The largest absolute Gasteiger partial charge is 0.493 e. The second-order valence-electron chi connectivity index (χ2n) is 2.59. The van der Waals surface area contributed by atoms with Gasteiger partial charge < -0.3 is 9.84 Å². The molecule has 1 N–H and O–H groups in total. The molecule has 0 unspecified atom stereocenters. The van der Waals surface area contributed by atoms with Crippen LogP contribution in [0, 0.1) is 0 Å². The highest BCUT2D eigenvalue weighted by Crippen LogP contribution is 2.17. The Labute approximate surface area is 75.9 Å². The minimum Gasteiger partial charge on any atom is -0.493 e. The third-order valence-corrected chi connectivity index (χ3v) is 1.66. The number of rotatable bonds is 4. The fourth-order valence-electron chi connectivity index (χ4n) is 1.11. The summed E-state index contributed by atoms with van der Waals surface area (Å²) in [5.41, 5.74) is 0.115. The number of carboxylic acid groups (broad SMARTS) is 1. The molecule has 1 heterocycles. The van der Waals surface area contributed by atoms with Crippen molar-refractivity contribution in [3.05, 3.63) is 11.9 Å². The Morgan fingerprint density at radius 1 is 1.77 bits per heavy atom. The number of methoxy groups -OCH3 is 1. The third kappa shape index (κ3) is 1.80. The predicted molar refractivity (Wildman–Crippen MR) is 46.0 cm³/mol. The number of hydrogen-bond donors (Lipinski definition) is 1. The molecule has 1 aromatic heterocycles. The molecule has 0 saturated heterocycles. The van der Waals surface area contributed by atoms with Crippen molar-refractivity contribution in [2.24, 2.45) is 0 Å². The summed E-state index contributed by atoms with van der Waals surface area (Å²) in [6.45, 7) is 2.55. The zero-order valence-electron chi connectivity index (χ0n) is 7.65. The van der Waals surface area contributed by atoms with Gasteiger partial charge in [-0.05, 0) is 6.42 Å². The lowest BCUT2D eigenvalue weighted by Crippen LogP contribution is -2.10.